The van der Waals surface area contributed by atoms with Crippen LogP contribution in [0.4, 0.5) is 5.82 Å². The number of hydrogen-bond donors (Lipinski definition) is 2. The summed E-state index contributed by atoms with van der Waals surface area (Å²) in [5.41, 5.74) is 1.67. The Bertz CT molecular complexity index is 905. The Hall–Kier alpha value is -3.41. The number of aromatic nitrogens is 2. The molecule has 1 amide bonds. The first-order valence-corrected chi connectivity index (χ1v) is 8.28. The minimum Gasteiger partial charge on any atom is -0.477 e. The number of hydrogen-bond acceptors (Lipinski definition) is 3. The summed E-state index contributed by atoms with van der Waals surface area (Å²) in [6.07, 6.45) is 1.81. The van der Waals surface area contributed by atoms with Crippen LogP contribution in [0.3, 0.4) is 0 Å². The monoisotopic (exact) mass is 349 g/mol. The lowest BCUT2D eigenvalue weighted by Gasteiger charge is -2.14. The first-order chi connectivity index (χ1) is 12.6. The second-order valence-corrected chi connectivity index (χ2v) is 6.04. The zero-order chi connectivity index (χ0) is 18.5. The first-order valence-electron chi connectivity index (χ1n) is 8.28. The minimum atomic E-state index is -1.14. The smallest absolute Gasteiger partial charge is 0.341 e. The number of nitrogens with one attached hydrogen (secondary N) is 1. The van der Waals surface area contributed by atoms with E-state index in [1.165, 1.54) is 10.9 Å². The number of aromatic carboxylic acids is 1. The maximum absolute atomic E-state index is 12.6. The van der Waals surface area contributed by atoms with Crippen LogP contribution < -0.4 is 5.32 Å². The molecule has 1 unspecified atom stereocenters. The molecule has 0 saturated carbocycles. The van der Waals surface area contributed by atoms with Crippen molar-refractivity contribution in [3.05, 3.63) is 78.0 Å². The first kappa shape index (κ1) is 17.4. The topological polar surface area (TPSA) is 84.2 Å². The minimum absolute atomic E-state index is 0.0471. The van der Waals surface area contributed by atoms with Gasteiger partial charge in [0.2, 0.25) is 5.91 Å². The van der Waals surface area contributed by atoms with E-state index in [4.69, 9.17) is 0 Å². The Balaban J connectivity index is 1.85. The molecule has 26 heavy (non-hydrogen) atoms. The van der Waals surface area contributed by atoms with Gasteiger partial charge in [0.05, 0.1) is 11.9 Å². The van der Waals surface area contributed by atoms with Gasteiger partial charge in [-0.05, 0) is 24.1 Å². The van der Waals surface area contributed by atoms with E-state index in [-0.39, 0.29) is 23.2 Å². The fraction of sp³-hybridized carbons (Fsp3) is 0.150. The molecule has 0 bridgehead atoms. The van der Waals surface area contributed by atoms with Crippen molar-refractivity contribution in [2.75, 3.05) is 5.32 Å². The van der Waals surface area contributed by atoms with Gasteiger partial charge in [-0.2, -0.15) is 5.10 Å². The van der Waals surface area contributed by atoms with Crippen molar-refractivity contribution in [2.24, 2.45) is 5.92 Å². The summed E-state index contributed by atoms with van der Waals surface area (Å²) in [5, 5.41) is 16.3. The van der Waals surface area contributed by atoms with Crippen LogP contribution in [0.25, 0.3) is 5.69 Å². The highest BCUT2D eigenvalue weighted by atomic mass is 16.4. The maximum atomic E-state index is 12.6. The summed E-state index contributed by atoms with van der Waals surface area (Å²) < 4.78 is 1.43. The molecular weight excluding hydrogens is 330 g/mol. The fourth-order valence-corrected chi connectivity index (χ4v) is 2.69. The molecular formula is C20H19N3O3. The molecule has 0 aliphatic rings. The largest absolute Gasteiger partial charge is 0.477 e. The standard InChI is InChI=1S/C20H19N3O3/c1-14(12-15-8-4-2-5-9-15)19(24)22-18-17(20(25)26)13-21-23(18)16-10-6-3-7-11-16/h2-11,13-14H,12H2,1H3,(H,22,24)(H,25,26). The number of rotatable bonds is 6. The van der Waals surface area contributed by atoms with Crippen LogP contribution in [0.5, 0.6) is 0 Å². The molecule has 3 aromatic rings. The molecule has 132 valence electrons. The van der Waals surface area contributed by atoms with Crippen LogP contribution >= 0.6 is 0 Å². The third-order valence-electron chi connectivity index (χ3n) is 4.07. The second kappa shape index (κ2) is 7.65. The van der Waals surface area contributed by atoms with E-state index in [9.17, 15) is 14.7 Å². The Morgan fingerprint density at radius 1 is 1.08 bits per heavy atom. The summed E-state index contributed by atoms with van der Waals surface area (Å²) in [4.78, 5) is 24.1. The molecule has 0 radical (unpaired) electrons. The summed E-state index contributed by atoms with van der Waals surface area (Å²) >= 11 is 0. The van der Waals surface area contributed by atoms with Crippen LogP contribution in [-0.4, -0.2) is 26.8 Å². The molecule has 1 atom stereocenters. The number of para-hydroxylation sites is 1. The average Bonchev–Trinajstić information content (AvgIpc) is 3.07. The normalized spacial score (nSPS) is 11.7. The van der Waals surface area contributed by atoms with E-state index in [0.29, 0.717) is 12.1 Å². The van der Waals surface area contributed by atoms with Crippen LogP contribution in [0.2, 0.25) is 0 Å². The van der Waals surface area contributed by atoms with Crippen LogP contribution in [-0.2, 0) is 11.2 Å². The van der Waals surface area contributed by atoms with Gasteiger partial charge in [-0.25, -0.2) is 9.48 Å². The van der Waals surface area contributed by atoms with Gasteiger partial charge in [-0.3, -0.25) is 4.79 Å². The molecule has 3 rings (SSSR count). The second-order valence-electron chi connectivity index (χ2n) is 6.04. The van der Waals surface area contributed by atoms with Crippen molar-refractivity contribution in [2.45, 2.75) is 13.3 Å². The van der Waals surface area contributed by atoms with Crippen molar-refractivity contribution >= 4 is 17.7 Å². The highest BCUT2D eigenvalue weighted by molar-refractivity contribution is 6.00. The lowest BCUT2D eigenvalue weighted by molar-refractivity contribution is -0.119. The van der Waals surface area contributed by atoms with E-state index in [1.807, 2.05) is 55.5 Å². The van der Waals surface area contributed by atoms with Crippen LogP contribution in [0.1, 0.15) is 22.8 Å². The van der Waals surface area contributed by atoms with Crippen LogP contribution in [0, 0.1) is 5.92 Å². The number of benzene rings is 2. The Kier molecular flexibility index (Phi) is 5.12. The molecule has 0 aliphatic heterocycles. The van der Waals surface area contributed by atoms with Crippen molar-refractivity contribution in [1.82, 2.24) is 9.78 Å². The van der Waals surface area contributed by atoms with E-state index < -0.39 is 5.97 Å². The number of anilines is 1. The number of carbonyl (C=O) groups is 2. The Labute approximate surface area is 151 Å². The predicted octanol–water partition coefficient (Wildman–Crippen LogP) is 3.39. The molecule has 0 spiro atoms. The lowest BCUT2D eigenvalue weighted by Crippen LogP contribution is -2.24. The van der Waals surface area contributed by atoms with Gasteiger partial charge >= 0.3 is 5.97 Å². The summed E-state index contributed by atoms with van der Waals surface area (Å²) in [7, 11) is 0. The van der Waals surface area contributed by atoms with Crippen molar-refractivity contribution in [1.29, 1.82) is 0 Å². The van der Waals surface area contributed by atoms with Crippen molar-refractivity contribution in [3.63, 3.8) is 0 Å². The zero-order valence-corrected chi connectivity index (χ0v) is 14.3. The Morgan fingerprint density at radius 3 is 2.31 bits per heavy atom. The Morgan fingerprint density at radius 2 is 1.69 bits per heavy atom. The molecule has 2 N–H and O–H groups in total. The SMILES string of the molecule is CC(Cc1ccccc1)C(=O)Nc1c(C(=O)O)cnn1-c1ccccc1. The summed E-state index contributed by atoms with van der Waals surface area (Å²) in [6.45, 7) is 1.81. The number of amides is 1. The van der Waals surface area contributed by atoms with E-state index in [0.717, 1.165) is 5.56 Å². The fourth-order valence-electron chi connectivity index (χ4n) is 2.69. The number of carboxylic acid groups (broad SMARTS) is 1. The number of carbonyl (C=O) groups excluding carboxylic acids is 1. The van der Waals surface area contributed by atoms with Gasteiger partial charge in [0, 0.05) is 5.92 Å². The zero-order valence-electron chi connectivity index (χ0n) is 14.3. The van der Waals surface area contributed by atoms with Crippen molar-refractivity contribution < 1.29 is 14.7 Å². The molecule has 1 aromatic heterocycles. The van der Waals surface area contributed by atoms with Gasteiger partial charge < -0.3 is 10.4 Å². The lowest BCUT2D eigenvalue weighted by atomic mass is 10.0. The van der Waals surface area contributed by atoms with Crippen LogP contribution in [0.15, 0.2) is 66.9 Å². The third kappa shape index (κ3) is 3.80. The van der Waals surface area contributed by atoms with Gasteiger partial charge in [0.1, 0.15) is 5.56 Å². The van der Waals surface area contributed by atoms with E-state index >= 15 is 0 Å². The third-order valence-corrected chi connectivity index (χ3v) is 4.07. The number of carboxylic acids is 1. The maximum Gasteiger partial charge on any atom is 0.341 e. The van der Waals surface area contributed by atoms with Gasteiger partial charge in [0.25, 0.3) is 0 Å². The number of nitrogens with zero attached hydrogens (tertiary/aromatic N) is 2. The van der Waals surface area contributed by atoms with Gasteiger partial charge in [-0.15, -0.1) is 0 Å². The quantitative estimate of drug-likeness (QED) is 0.714. The molecule has 6 heteroatoms. The van der Waals surface area contributed by atoms with Gasteiger partial charge in [-0.1, -0.05) is 55.5 Å². The highest BCUT2D eigenvalue weighted by Gasteiger charge is 2.22. The predicted molar refractivity (Wildman–Crippen MR) is 98.5 cm³/mol. The highest BCUT2D eigenvalue weighted by Crippen LogP contribution is 2.21. The molecule has 0 fully saturated rings. The molecule has 2 aromatic carbocycles. The van der Waals surface area contributed by atoms with E-state index in [2.05, 4.69) is 10.4 Å². The summed E-state index contributed by atoms with van der Waals surface area (Å²) in [5.74, 6) is -1.56. The molecule has 0 saturated heterocycles. The van der Waals surface area contributed by atoms with E-state index in [1.54, 1.807) is 12.1 Å². The average molecular weight is 349 g/mol. The van der Waals surface area contributed by atoms with Crippen molar-refractivity contribution in [3.8, 4) is 5.69 Å². The van der Waals surface area contributed by atoms with Gasteiger partial charge in [0.15, 0.2) is 5.82 Å². The molecule has 0 aliphatic carbocycles. The summed E-state index contributed by atoms with van der Waals surface area (Å²) in [6, 6.07) is 18.8. The molecule has 1 heterocycles. The molecule has 6 nitrogen and oxygen atoms in total.